The number of carbonyl (C=O) groups excluding carboxylic acids is 2. The highest BCUT2D eigenvalue weighted by molar-refractivity contribution is 6.02. The first-order valence-electron chi connectivity index (χ1n) is 9.86. The van der Waals surface area contributed by atoms with Gasteiger partial charge in [0.05, 0.1) is 14.2 Å². The molecule has 0 unspecified atom stereocenters. The minimum atomic E-state index is -0.422. The lowest BCUT2D eigenvalue weighted by molar-refractivity contribution is -0.135. The summed E-state index contributed by atoms with van der Waals surface area (Å²) in [7, 11) is 3.04. The molecule has 0 atom stereocenters. The molecule has 0 saturated carbocycles. The molecular weight excluding hydrogens is 414 g/mol. The maximum absolute atomic E-state index is 12.6. The van der Waals surface area contributed by atoms with Gasteiger partial charge in [-0.1, -0.05) is 35.5 Å². The summed E-state index contributed by atoms with van der Waals surface area (Å²) in [6, 6.07) is 14.4. The molecule has 0 fully saturated rings. The number of anilines is 1. The van der Waals surface area contributed by atoms with Crippen molar-refractivity contribution in [1.29, 1.82) is 0 Å². The Morgan fingerprint density at radius 3 is 2.50 bits per heavy atom. The first kappa shape index (κ1) is 21.0. The summed E-state index contributed by atoms with van der Waals surface area (Å²) in [4.78, 5) is 29.2. The Balaban J connectivity index is 1.48. The number of methoxy groups -OCH3 is 2. The first-order chi connectivity index (χ1) is 15.6. The topological polar surface area (TPSA) is 119 Å². The summed E-state index contributed by atoms with van der Waals surface area (Å²) in [5.41, 5.74) is 1.74. The SMILES string of the molecule is COc1cc(NC(=O)CN2N=C(c3nc(-c4ccccc4)no3)CCC2=O)cc(OC)c1. The number of benzene rings is 2. The van der Waals surface area contributed by atoms with Crippen LogP contribution in [0.2, 0.25) is 0 Å². The molecule has 10 heteroatoms. The van der Waals surface area contributed by atoms with Crippen molar-refractivity contribution < 1.29 is 23.6 Å². The lowest BCUT2D eigenvalue weighted by Gasteiger charge is -2.21. The number of aromatic nitrogens is 2. The zero-order valence-corrected chi connectivity index (χ0v) is 17.6. The van der Waals surface area contributed by atoms with Gasteiger partial charge in [-0.3, -0.25) is 9.59 Å². The number of amides is 2. The van der Waals surface area contributed by atoms with Gasteiger partial charge in [0.15, 0.2) is 0 Å². The van der Waals surface area contributed by atoms with E-state index in [2.05, 4.69) is 20.6 Å². The van der Waals surface area contributed by atoms with Gasteiger partial charge >= 0.3 is 0 Å². The molecule has 2 heterocycles. The van der Waals surface area contributed by atoms with Crippen molar-refractivity contribution >= 4 is 23.2 Å². The molecule has 1 aliphatic heterocycles. The van der Waals surface area contributed by atoms with Gasteiger partial charge in [-0.15, -0.1) is 0 Å². The van der Waals surface area contributed by atoms with Crippen molar-refractivity contribution in [1.82, 2.24) is 15.1 Å². The van der Waals surface area contributed by atoms with Crippen LogP contribution >= 0.6 is 0 Å². The second kappa shape index (κ2) is 9.29. The number of ether oxygens (including phenoxy) is 2. The summed E-state index contributed by atoms with van der Waals surface area (Å²) in [6.07, 6.45) is 0.530. The van der Waals surface area contributed by atoms with E-state index in [1.807, 2.05) is 30.3 Å². The molecule has 0 radical (unpaired) electrons. The zero-order valence-electron chi connectivity index (χ0n) is 17.6. The van der Waals surface area contributed by atoms with Crippen molar-refractivity contribution in [2.75, 3.05) is 26.1 Å². The molecule has 164 valence electrons. The summed E-state index contributed by atoms with van der Waals surface area (Å²) in [5, 5.41) is 12.1. The van der Waals surface area contributed by atoms with Crippen LogP contribution in [0.15, 0.2) is 58.2 Å². The van der Waals surface area contributed by atoms with Crippen molar-refractivity contribution in [2.24, 2.45) is 5.10 Å². The Kier molecular flexibility index (Phi) is 6.11. The molecular formula is C22H21N5O5. The average Bonchev–Trinajstić information content (AvgIpc) is 3.31. The molecule has 10 nitrogen and oxygen atoms in total. The quantitative estimate of drug-likeness (QED) is 0.606. The lowest BCUT2D eigenvalue weighted by Crippen LogP contribution is -2.38. The van der Waals surface area contributed by atoms with Gasteiger partial charge in [0, 0.05) is 42.3 Å². The molecule has 1 aliphatic rings. The second-order valence-electron chi connectivity index (χ2n) is 6.94. The predicted octanol–water partition coefficient (Wildman–Crippen LogP) is 2.72. The third kappa shape index (κ3) is 4.75. The predicted molar refractivity (Wildman–Crippen MR) is 115 cm³/mol. The van der Waals surface area contributed by atoms with E-state index < -0.39 is 5.91 Å². The summed E-state index contributed by atoms with van der Waals surface area (Å²) in [5.74, 6) is 1.01. The number of hydrogen-bond donors (Lipinski definition) is 1. The molecule has 3 aromatic rings. The molecule has 0 spiro atoms. The van der Waals surface area contributed by atoms with E-state index in [0.717, 1.165) is 10.6 Å². The fraction of sp³-hybridized carbons (Fsp3) is 0.227. The average molecular weight is 435 g/mol. The van der Waals surface area contributed by atoms with Gasteiger partial charge in [0.25, 0.3) is 5.89 Å². The van der Waals surface area contributed by atoms with E-state index in [1.165, 1.54) is 14.2 Å². The van der Waals surface area contributed by atoms with Crippen LogP contribution in [0.25, 0.3) is 11.4 Å². The lowest BCUT2D eigenvalue weighted by atomic mass is 10.1. The monoisotopic (exact) mass is 435 g/mol. The highest BCUT2D eigenvalue weighted by Crippen LogP contribution is 2.26. The Labute approximate surface area is 183 Å². The van der Waals surface area contributed by atoms with Crippen LogP contribution in [0.1, 0.15) is 18.7 Å². The van der Waals surface area contributed by atoms with E-state index in [0.29, 0.717) is 35.1 Å². The van der Waals surface area contributed by atoms with Crippen molar-refractivity contribution in [3.8, 4) is 22.9 Å². The van der Waals surface area contributed by atoms with Crippen molar-refractivity contribution in [3.05, 3.63) is 54.4 Å². The number of hydrogen-bond acceptors (Lipinski definition) is 8. The summed E-state index contributed by atoms with van der Waals surface area (Å²) in [6.45, 7) is -0.262. The van der Waals surface area contributed by atoms with Crippen LogP contribution in [0.5, 0.6) is 11.5 Å². The van der Waals surface area contributed by atoms with Gasteiger partial charge in [-0.25, -0.2) is 5.01 Å². The molecule has 4 rings (SSSR count). The number of nitrogens with one attached hydrogen (secondary N) is 1. The highest BCUT2D eigenvalue weighted by Gasteiger charge is 2.26. The van der Waals surface area contributed by atoms with Crippen LogP contribution in [0.3, 0.4) is 0 Å². The van der Waals surface area contributed by atoms with Crippen LogP contribution < -0.4 is 14.8 Å². The Morgan fingerprint density at radius 1 is 1.09 bits per heavy atom. The largest absolute Gasteiger partial charge is 0.497 e. The third-order valence-electron chi connectivity index (χ3n) is 4.74. The van der Waals surface area contributed by atoms with Crippen molar-refractivity contribution in [3.63, 3.8) is 0 Å². The van der Waals surface area contributed by atoms with E-state index in [4.69, 9.17) is 14.0 Å². The zero-order chi connectivity index (χ0) is 22.5. The van der Waals surface area contributed by atoms with Gasteiger partial charge in [0.2, 0.25) is 17.6 Å². The Bertz CT molecular complexity index is 1140. The van der Waals surface area contributed by atoms with Crippen LogP contribution in [0.4, 0.5) is 5.69 Å². The van der Waals surface area contributed by atoms with Crippen LogP contribution in [-0.4, -0.2) is 53.4 Å². The molecule has 0 bridgehead atoms. The van der Waals surface area contributed by atoms with Gasteiger partial charge in [-0.2, -0.15) is 10.1 Å². The Morgan fingerprint density at radius 2 is 1.81 bits per heavy atom. The summed E-state index contributed by atoms with van der Waals surface area (Å²) >= 11 is 0. The highest BCUT2D eigenvalue weighted by atomic mass is 16.5. The fourth-order valence-corrected chi connectivity index (χ4v) is 3.14. The second-order valence-corrected chi connectivity index (χ2v) is 6.94. The molecule has 1 aromatic heterocycles. The fourth-order valence-electron chi connectivity index (χ4n) is 3.14. The Hall–Kier alpha value is -4.21. The molecule has 2 amide bonds. The van der Waals surface area contributed by atoms with E-state index in [9.17, 15) is 9.59 Å². The number of carbonyl (C=O) groups is 2. The maximum Gasteiger partial charge on any atom is 0.274 e. The van der Waals surface area contributed by atoms with E-state index >= 15 is 0 Å². The minimum absolute atomic E-state index is 0.183. The molecule has 0 saturated heterocycles. The van der Waals surface area contributed by atoms with Crippen LogP contribution in [0, 0.1) is 0 Å². The smallest absolute Gasteiger partial charge is 0.274 e. The van der Waals surface area contributed by atoms with Crippen LogP contribution in [-0.2, 0) is 9.59 Å². The summed E-state index contributed by atoms with van der Waals surface area (Å²) < 4.78 is 15.7. The van der Waals surface area contributed by atoms with E-state index in [-0.39, 0.29) is 24.8 Å². The molecule has 32 heavy (non-hydrogen) atoms. The maximum atomic E-state index is 12.6. The normalized spacial score (nSPS) is 13.5. The molecule has 1 N–H and O–H groups in total. The standard InChI is InChI=1S/C22H21N5O5/c1-30-16-10-15(11-17(12-16)31-2)23-19(28)13-27-20(29)9-8-18(25-27)22-24-21(26-32-22)14-6-4-3-5-7-14/h3-7,10-12H,8-9,13H2,1-2H3,(H,23,28). The minimum Gasteiger partial charge on any atom is -0.497 e. The number of rotatable bonds is 7. The molecule has 2 aromatic carbocycles. The van der Waals surface area contributed by atoms with Crippen molar-refractivity contribution in [2.45, 2.75) is 12.8 Å². The first-order valence-corrected chi connectivity index (χ1v) is 9.86. The van der Waals surface area contributed by atoms with Gasteiger partial charge < -0.3 is 19.3 Å². The third-order valence-corrected chi connectivity index (χ3v) is 4.74. The van der Waals surface area contributed by atoms with Gasteiger partial charge in [-0.05, 0) is 0 Å². The molecule has 0 aliphatic carbocycles. The number of nitrogens with zero attached hydrogens (tertiary/aromatic N) is 4. The number of hydrazone groups is 1. The van der Waals surface area contributed by atoms with Gasteiger partial charge in [0.1, 0.15) is 23.8 Å². The van der Waals surface area contributed by atoms with E-state index in [1.54, 1.807) is 18.2 Å².